The fraction of sp³-hybridized carbons (Fsp3) is 0.500. The number of halogens is 2. The Hall–Kier alpha value is -2.94. The lowest BCUT2D eigenvalue weighted by Gasteiger charge is -2.45. The summed E-state index contributed by atoms with van der Waals surface area (Å²) < 4.78 is 13.5. The molecule has 1 aliphatic heterocycles. The van der Waals surface area contributed by atoms with Crippen molar-refractivity contribution in [3.8, 4) is 0 Å². The molecule has 2 aromatic rings. The number of aromatic nitrogens is 2. The van der Waals surface area contributed by atoms with E-state index < -0.39 is 17.1 Å². The summed E-state index contributed by atoms with van der Waals surface area (Å²) in [7, 11) is 0. The summed E-state index contributed by atoms with van der Waals surface area (Å²) in [4.78, 5) is 47.1. The van der Waals surface area contributed by atoms with Crippen LogP contribution in [0.1, 0.15) is 73.3 Å². The summed E-state index contributed by atoms with van der Waals surface area (Å²) in [6.07, 6.45) is 5.50. The van der Waals surface area contributed by atoms with Gasteiger partial charge in [0.1, 0.15) is 11.5 Å². The topological polar surface area (TPSA) is 107 Å². The zero-order valence-electron chi connectivity index (χ0n) is 19.3. The van der Waals surface area contributed by atoms with Crippen molar-refractivity contribution in [3.63, 3.8) is 0 Å². The first-order valence-electron chi connectivity index (χ1n) is 11.6. The van der Waals surface area contributed by atoms with Crippen molar-refractivity contribution in [2.24, 2.45) is 5.41 Å². The number of nitrogens with one attached hydrogen (secondary N) is 3. The van der Waals surface area contributed by atoms with Gasteiger partial charge in [0.2, 0.25) is 5.91 Å². The van der Waals surface area contributed by atoms with Crippen molar-refractivity contribution in [2.45, 2.75) is 64.5 Å². The van der Waals surface area contributed by atoms with Crippen molar-refractivity contribution in [3.05, 3.63) is 46.8 Å². The lowest BCUT2D eigenvalue weighted by Crippen LogP contribution is -2.52. The molecule has 0 atom stereocenters. The molecule has 34 heavy (non-hydrogen) atoms. The van der Waals surface area contributed by atoms with Gasteiger partial charge in [-0.3, -0.25) is 14.4 Å². The highest BCUT2D eigenvalue weighted by Crippen LogP contribution is 2.46. The van der Waals surface area contributed by atoms with Crippen LogP contribution < -0.4 is 15.5 Å². The van der Waals surface area contributed by atoms with E-state index in [1.165, 1.54) is 18.5 Å². The van der Waals surface area contributed by atoms with Crippen molar-refractivity contribution in [1.82, 2.24) is 20.6 Å². The summed E-state index contributed by atoms with van der Waals surface area (Å²) in [5.74, 6) is -1.22. The molecule has 1 aromatic carbocycles. The second-order valence-electron chi connectivity index (χ2n) is 9.44. The lowest BCUT2D eigenvalue weighted by molar-refractivity contribution is -0.132. The Morgan fingerprint density at radius 3 is 2.65 bits per heavy atom. The lowest BCUT2D eigenvalue weighted by atomic mass is 9.67. The first kappa shape index (κ1) is 24.2. The molecule has 3 amide bonds. The van der Waals surface area contributed by atoms with Gasteiger partial charge in [0.05, 0.1) is 17.0 Å². The van der Waals surface area contributed by atoms with Crippen LogP contribution in [0.2, 0.25) is 5.02 Å². The number of anilines is 1. The molecule has 10 heteroatoms. The molecule has 0 unspecified atom stereocenters. The average Bonchev–Trinajstić information content (AvgIpc) is 3.28. The van der Waals surface area contributed by atoms with Crippen LogP contribution in [0.4, 0.5) is 10.1 Å². The van der Waals surface area contributed by atoms with E-state index in [2.05, 4.69) is 20.6 Å². The number of hydrogen-bond acceptors (Lipinski definition) is 4. The number of aromatic amines is 1. The summed E-state index contributed by atoms with van der Waals surface area (Å²) in [5.41, 5.74) is 0.221. The van der Waals surface area contributed by atoms with Crippen molar-refractivity contribution >= 4 is 35.0 Å². The van der Waals surface area contributed by atoms with Crippen LogP contribution in [0, 0.1) is 11.2 Å². The van der Waals surface area contributed by atoms with Gasteiger partial charge in [-0.15, -0.1) is 0 Å². The molecular weight excluding hydrogens is 461 g/mol. The summed E-state index contributed by atoms with van der Waals surface area (Å²) in [6.45, 7) is 4.22. The maximum absolute atomic E-state index is 13.5. The monoisotopic (exact) mass is 489 g/mol. The Balaban J connectivity index is 1.40. The Labute approximate surface area is 202 Å². The van der Waals surface area contributed by atoms with E-state index in [4.69, 9.17) is 11.6 Å². The number of nitrogens with zero attached hydrogens (tertiary/aromatic N) is 2. The molecule has 1 saturated heterocycles. The zero-order chi connectivity index (χ0) is 24.5. The molecule has 2 fully saturated rings. The Morgan fingerprint density at radius 2 is 1.97 bits per heavy atom. The van der Waals surface area contributed by atoms with E-state index in [-0.39, 0.29) is 40.3 Å². The summed E-state index contributed by atoms with van der Waals surface area (Å²) in [6, 6.07) is 3.90. The third-order valence-corrected chi connectivity index (χ3v) is 7.02. The van der Waals surface area contributed by atoms with Gasteiger partial charge in [-0.05, 0) is 70.6 Å². The molecule has 1 aliphatic carbocycles. The molecule has 182 valence electrons. The number of benzene rings is 1. The fourth-order valence-electron chi connectivity index (χ4n) is 5.01. The number of rotatable bonds is 5. The third-order valence-electron chi connectivity index (χ3n) is 6.72. The van der Waals surface area contributed by atoms with Crippen LogP contribution in [0.15, 0.2) is 24.5 Å². The van der Waals surface area contributed by atoms with Crippen LogP contribution in [0.3, 0.4) is 0 Å². The van der Waals surface area contributed by atoms with Crippen molar-refractivity contribution in [1.29, 1.82) is 0 Å². The second-order valence-corrected chi connectivity index (χ2v) is 9.85. The summed E-state index contributed by atoms with van der Waals surface area (Å²) in [5, 5.41) is 5.95. The van der Waals surface area contributed by atoms with Crippen LogP contribution in [0.25, 0.3) is 0 Å². The Kier molecular flexibility index (Phi) is 6.93. The number of H-pyrrole nitrogens is 1. The molecule has 1 spiro atoms. The predicted octanol–water partition coefficient (Wildman–Crippen LogP) is 3.83. The smallest absolute Gasteiger partial charge is 0.272 e. The normalized spacial score (nSPS) is 22.8. The number of imidazole rings is 1. The summed E-state index contributed by atoms with van der Waals surface area (Å²) >= 11 is 6.23. The van der Waals surface area contributed by atoms with E-state index in [1.807, 2.05) is 13.8 Å². The predicted molar refractivity (Wildman–Crippen MR) is 126 cm³/mol. The number of carbonyl (C=O) groups is 3. The van der Waals surface area contributed by atoms with Crippen molar-refractivity contribution in [2.75, 3.05) is 11.4 Å². The van der Waals surface area contributed by atoms with E-state index >= 15 is 0 Å². The molecule has 1 aromatic heterocycles. The van der Waals surface area contributed by atoms with E-state index in [0.29, 0.717) is 37.9 Å². The molecule has 4 rings (SSSR count). The van der Waals surface area contributed by atoms with Gasteiger partial charge in [0.15, 0.2) is 5.69 Å². The standard InChI is InChI=1S/C24H29ClFN5O3/c1-14(2)29-21(32)19-20(28-13-27-19)22(33)30-16-6-9-24(10-7-16)8-3-11-31(23(24)34)18-5-4-15(26)12-17(18)25/h4-5,12-14,16H,3,6-11H2,1-2H3,(H,27,28)(H,29,32)(H,30,33). The average molecular weight is 490 g/mol. The highest BCUT2D eigenvalue weighted by atomic mass is 35.5. The van der Waals surface area contributed by atoms with E-state index in [0.717, 1.165) is 12.8 Å². The molecule has 8 nitrogen and oxygen atoms in total. The molecule has 1 saturated carbocycles. The van der Waals surface area contributed by atoms with Gasteiger partial charge in [-0.1, -0.05) is 11.6 Å². The third kappa shape index (κ3) is 4.80. The van der Waals surface area contributed by atoms with Gasteiger partial charge >= 0.3 is 0 Å². The van der Waals surface area contributed by atoms with Crippen LogP contribution in [-0.4, -0.2) is 46.3 Å². The largest absolute Gasteiger partial charge is 0.348 e. The minimum absolute atomic E-state index is 0.0123. The first-order chi connectivity index (χ1) is 16.2. The zero-order valence-corrected chi connectivity index (χ0v) is 20.0. The maximum atomic E-state index is 13.5. The first-order valence-corrected chi connectivity index (χ1v) is 12.0. The SMILES string of the molecule is CC(C)NC(=O)c1nc[nH]c1C(=O)NC1CCC2(CCCN(c3ccc(F)cc3Cl)C2=O)CC1. The highest BCUT2D eigenvalue weighted by molar-refractivity contribution is 6.33. The molecule has 3 N–H and O–H groups in total. The number of amides is 3. The highest BCUT2D eigenvalue weighted by Gasteiger charge is 2.46. The molecule has 0 radical (unpaired) electrons. The maximum Gasteiger partial charge on any atom is 0.272 e. The van der Waals surface area contributed by atoms with E-state index in [9.17, 15) is 18.8 Å². The molecular formula is C24H29ClFN5O3. The molecule has 2 heterocycles. The van der Waals surface area contributed by atoms with Gasteiger partial charge in [-0.2, -0.15) is 0 Å². The molecule has 2 aliphatic rings. The second kappa shape index (κ2) is 9.74. The Bertz CT molecular complexity index is 1090. The Morgan fingerprint density at radius 1 is 1.24 bits per heavy atom. The van der Waals surface area contributed by atoms with Crippen LogP contribution in [-0.2, 0) is 4.79 Å². The van der Waals surface area contributed by atoms with Gasteiger partial charge in [0, 0.05) is 24.0 Å². The van der Waals surface area contributed by atoms with E-state index in [1.54, 1.807) is 11.0 Å². The number of hydrogen-bond donors (Lipinski definition) is 3. The molecule has 0 bridgehead atoms. The van der Waals surface area contributed by atoms with Gasteiger partial charge < -0.3 is 20.5 Å². The van der Waals surface area contributed by atoms with Crippen LogP contribution >= 0.6 is 11.6 Å². The minimum Gasteiger partial charge on any atom is -0.348 e. The van der Waals surface area contributed by atoms with Gasteiger partial charge in [0.25, 0.3) is 11.8 Å². The fourth-order valence-corrected chi connectivity index (χ4v) is 5.28. The van der Waals surface area contributed by atoms with Gasteiger partial charge in [-0.25, -0.2) is 9.37 Å². The minimum atomic E-state index is -0.506. The number of carbonyl (C=O) groups excluding carboxylic acids is 3. The number of piperidine rings is 1. The quantitative estimate of drug-likeness (QED) is 0.593. The van der Waals surface area contributed by atoms with Crippen molar-refractivity contribution < 1.29 is 18.8 Å². The van der Waals surface area contributed by atoms with Crippen LogP contribution in [0.5, 0.6) is 0 Å².